The van der Waals surface area contributed by atoms with Gasteiger partial charge < -0.3 is 4.74 Å². The molecular weight excluding hydrogens is 395 g/mol. The minimum Gasteiger partial charge on any atom is -0.486 e. The molecule has 24 heavy (non-hydrogen) atoms. The third-order valence-corrected chi connectivity index (χ3v) is 4.80. The van der Waals surface area contributed by atoms with Gasteiger partial charge in [-0.2, -0.15) is 9.61 Å². The first-order valence-corrected chi connectivity index (χ1v) is 8.65. The summed E-state index contributed by atoms with van der Waals surface area (Å²) in [6.45, 7) is 0.205. The second-order valence-corrected chi connectivity index (χ2v) is 6.84. The Morgan fingerprint density at radius 1 is 1.04 bits per heavy atom. The van der Waals surface area contributed by atoms with Crippen molar-refractivity contribution in [2.75, 3.05) is 0 Å². The van der Waals surface area contributed by atoms with E-state index in [2.05, 4.69) is 31.2 Å². The minimum atomic E-state index is -0.300. The lowest BCUT2D eigenvalue weighted by Crippen LogP contribution is -2.02. The van der Waals surface area contributed by atoms with Crippen molar-refractivity contribution < 1.29 is 9.13 Å². The van der Waals surface area contributed by atoms with Gasteiger partial charge in [-0.3, -0.25) is 0 Å². The molecule has 2 aromatic carbocycles. The van der Waals surface area contributed by atoms with E-state index in [9.17, 15) is 4.39 Å². The number of aromatic nitrogens is 4. The van der Waals surface area contributed by atoms with Crippen LogP contribution in [0.5, 0.6) is 5.75 Å². The van der Waals surface area contributed by atoms with Crippen LogP contribution in [-0.2, 0) is 6.61 Å². The average Bonchev–Trinajstić information content (AvgIpc) is 3.16. The van der Waals surface area contributed by atoms with Gasteiger partial charge in [0.15, 0.2) is 5.82 Å². The zero-order valence-electron chi connectivity index (χ0n) is 12.2. The largest absolute Gasteiger partial charge is 0.486 e. The molecule has 0 bridgehead atoms. The Kier molecular flexibility index (Phi) is 3.99. The topological polar surface area (TPSA) is 52.3 Å². The molecule has 0 aliphatic carbocycles. The third kappa shape index (κ3) is 3.02. The zero-order chi connectivity index (χ0) is 16.5. The Balaban J connectivity index is 1.58. The highest BCUT2D eigenvalue weighted by atomic mass is 79.9. The summed E-state index contributed by atoms with van der Waals surface area (Å²) < 4.78 is 21.2. The lowest BCUT2D eigenvalue weighted by molar-refractivity contribution is 0.292. The van der Waals surface area contributed by atoms with E-state index in [1.165, 1.54) is 23.5 Å². The standard InChI is InChI=1S/C16H10BrFN4OS/c17-11-3-1-10(2-4-11)15-21-22-14(19-20-16(22)24-15)9-23-13-7-5-12(18)6-8-13/h1-8H,9H2. The van der Waals surface area contributed by atoms with Gasteiger partial charge in [-0.1, -0.05) is 39.4 Å². The number of benzene rings is 2. The summed E-state index contributed by atoms with van der Waals surface area (Å²) in [5.41, 5.74) is 1.01. The van der Waals surface area contributed by atoms with Crippen molar-refractivity contribution in [3.05, 3.63) is 64.6 Å². The third-order valence-electron chi connectivity index (χ3n) is 3.33. The molecule has 2 heterocycles. The van der Waals surface area contributed by atoms with Gasteiger partial charge in [-0.05, 0) is 36.4 Å². The summed E-state index contributed by atoms with van der Waals surface area (Å²) in [7, 11) is 0. The highest BCUT2D eigenvalue weighted by molar-refractivity contribution is 9.10. The zero-order valence-corrected chi connectivity index (χ0v) is 14.6. The number of ether oxygens (including phenoxy) is 1. The SMILES string of the molecule is Fc1ccc(OCc2nnc3sc(-c4ccc(Br)cc4)nn23)cc1. The molecule has 0 N–H and O–H groups in total. The van der Waals surface area contributed by atoms with Gasteiger partial charge in [0.1, 0.15) is 23.2 Å². The molecule has 4 rings (SSSR count). The van der Waals surface area contributed by atoms with Crippen molar-refractivity contribution in [1.29, 1.82) is 0 Å². The lowest BCUT2D eigenvalue weighted by atomic mass is 10.2. The second kappa shape index (κ2) is 6.29. The van der Waals surface area contributed by atoms with Gasteiger partial charge in [-0.25, -0.2) is 4.39 Å². The smallest absolute Gasteiger partial charge is 0.235 e. The molecular formula is C16H10BrFN4OS. The molecule has 0 saturated heterocycles. The number of halogens is 2. The summed E-state index contributed by atoms with van der Waals surface area (Å²) in [6.07, 6.45) is 0. The molecule has 0 spiro atoms. The van der Waals surface area contributed by atoms with Gasteiger partial charge in [0, 0.05) is 10.0 Å². The van der Waals surface area contributed by atoms with Gasteiger partial charge in [0.05, 0.1) is 0 Å². The van der Waals surface area contributed by atoms with E-state index >= 15 is 0 Å². The van der Waals surface area contributed by atoms with E-state index in [1.807, 2.05) is 24.3 Å². The van der Waals surface area contributed by atoms with Crippen molar-refractivity contribution in [3.8, 4) is 16.3 Å². The highest BCUT2D eigenvalue weighted by Gasteiger charge is 2.13. The predicted molar refractivity (Wildman–Crippen MR) is 92.5 cm³/mol. The first-order valence-electron chi connectivity index (χ1n) is 7.04. The quantitative estimate of drug-likeness (QED) is 0.507. The maximum absolute atomic E-state index is 12.9. The summed E-state index contributed by atoms with van der Waals surface area (Å²) in [5.74, 6) is 0.858. The molecule has 8 heteroatoms. The number of hydrogen-bond acceptors (Lipinski definition) is 5. The number of hydrogen-bond donors (Lipinski definition) is 0. The molecule has 0 atom stereocenters. The van der Waals surface area contributed by atoms with Crippen LogP contribution in [-0.4, -0.2) is 19.8 Å². The fourth-order valence-corrected chi connectivity index (χ4v) is 3.26. The molecule has 0 aliphatic heterocycles. The minimum absolute atomic E-state index is 0.205. The molecule has 0 amide bonds. The Morgan fingerprint density at radius 2 is 1.79 bits per heavy atom. The number of fused-ring (bicyclic) bond motifs is 1. The van der Waals surface area contributed by atoms with Gasteiger partial charge in [-0.15, -0.1) is 10.2 Å². The maximum Gasteiger partial charge on any atom is 0.235 e. The Labute approximate surface area is 148 Å². The molecule has 0 aliphatic rings. The van der Waals surface area contributed by atoms with Crippen LogP contribution in [0, 0.1) is 5.82 Å². The van der Waals surface area contributed by atoms with E-state index < -0.39 is 0 Å². The maximum atomic E-state index is 12.9. The fraction of sp³-hybridized carbons (Fsp3) is 0.0625. The monoisotopic (exact) mass is 404 g/mol. The molecule has 5 nitrogen and oxygen atoms in total. The van der Waals surface area contributed by atoms with E-state index in [0.29, 0.717) is 16.5 Å². The lowest BCUT2D eigenvalue weighted by Gasteiger charge is -2.03. The number of nitrogens with zero attached hydrogens (tertiary/aromatic N) is 4. The van der Waals surface area contributed by atoms with E-state index in [0.717, 1.165) is 15.0 Å². The molecule has 4 aromatic rings. The Morgan fingerprint density at radius 3 is 2.54 bits per heavy atom. The molecule has 0 radical (unpaired) electrons. The van der Waals surface area contributed by atoms with E-state index in [1.54, 1.807) is 16.6 Å². The van der Waals surface area contributed by atoms with Crippen LogP contribution < -0.4 is 4.74 Å². The highest BCUT2D eigenvalue weighted by Crippen LogP contribution is 2.26. The molecule has 2 aromatic heterocycles. The van der Waals surface area contributed by atoms with Gasteiger partial charge in [0.25, 0.3) is 0 Å². The predicted octanol–water partition coefficient (Wildman–Crippen LogP) is 4.33. The van der Waals surface area contributed by atoms with Crippen molar-refractivity contribution in [2.45, 2.75) is 6.61 Å². The van der Waals surface area contributed by atoms with Crippen LogP contribution in [0.15, 0.2) is 53.0 Å². The Hall–Kier alpha value is -2.32. The van der Waals surface area contributed by atoms with Crippen molar-refractivity contribution in [2.24, 2.45) is 0 Å². The summed E-state index contributed by atoms with van der Waals surface area (Å²) in [5, 5.41) is 13.6. The van der Waals surface area contributed by atoms with Gasteiger partial charge >= 0.3 is 0 Å². The molecule has 0 fully saturated rings. The van der Waals surface area contributed by atoms with E-state index in [-0.39, 0.29) is 12.4 Å². The van der Waals surface area contributed by atoms with Crippen LogP contribution in [0.25, 0.3) is 15.5 Å². The summed E-state index contributed by atoms with van der Waals surface area (Å²) in [4.78, 5) is 0.700. The molecule has 0 saturated carbocycles. The van der Waals surface area contributed by atoms with Gasteiger partial charge in [0.2, 0.25) is 4.96 Å². The normalized spacial score (nSPS) is 11.1. The van der Waals surface area contributed by atoms with Crippen molar-refractivity contribution in [1.82, 2.24) is 19.8 Å². The number of rotatable bonds is 4. The van der Waals surface area contributed by atoms with Crippen LogP contribution in [0.4, 0.5) is 4.39 Å². The summed E-state index contributed by atoms with van der Waals surface area (Å²) >= 11 is 4.88. The summed E-state index contributed by atoms with van der Waals surface area (Å²) in [6, 6.07) is 13.8. The molecule has 120 valence electrons. The van der Waals surface area contributed by atoms with Crippen LogP contribution in [0.1, 0.15) is 5.82 Å². The first-order chi connectivity index (χ1) is 11.7. The van der Waals surface area contributed by atoms with Crippen molar-refractivity contribution in [3.63, 3.8) is 0 Å². The molecule has 0 unspecified atom stereocenters. The Bertz CT molecular complexity index is 982. The van der Waals surface area contributed by atoms with Crippen molar-refractivity contribution >= 4 is 32.2 Å². The van der Waals surface area contributed by atoms with Crippen LogP contribution in [0.2, 0.25) is 0 Å². The first kappa shape index (κ1) is 15.2. The fourth-order valence-electron chi connectivity index (χ4n) is 2.14. The second-order valence-electron chi connectivity index (χ2n) is 4.97. The average molecular weight is 405 g/mol. The van der Waals surface area contributed by atoms with Crippen LogP contribution >= 0.6 is 27.3 Å². The van der Waals surface area contributed by atoms with E-state index in [4.69, 9.17) is 4.74 Å². The van der Waals surface area contributed by atoms with Crippen LogP contribution in [0.3, 0.4) is 0 Å².